The van der Waals surface area contributed by atoms with E-state index in [-0.39, 0.29) is 5.91 Å². The summed E-state index contributed by atoms with van der Waals surface area (Å²) in [5, 5.41) is 10.6. The van der Waals surface area contributed by atoms with Gasteiger partial charge in [-0.15, -0.1) is 0 Å². The van der Waals surface area contributed by atoms with Gasteiger partial charge in [-0.1, -0.05) is 50.1 Å². The maximum absolute atomic E-state index is 13.2. The third-order valence-corrected chi connectivity index (χ3v) is 6.84. The van der Waals surface area contributed by atoms with Crippen LogP contribution in [0.1, 0.15) is 75.8 Å². The quantitative estimate of drug-likeness (QED) is 0.608. The summed E-state index contributed by atoms with van der Waals surface area (Å²) in [7, 11) is 3.75. The van der Waals surface area contributed by atoms with Crippen LogP contribution in [0.4, 0.5) is 0 Å². The van der Waals surface area contributed by atoms with E-state index in [1.807, 2.05) is 26.2 Å². The first-order chi connectivity index (χ1) is 15.4. The minimum atomic E-state index is 0.228. The Hall–Kier alpha value is -2.72. The Morgan fingerprint density at radius 3 is 2.34 bits per heavy atom. The van der Waals surface area contributed by atoms with E-state index in [0.29, 0.717) is 11.8 Å². The Bertz CT molecular complexity index is 985. The summed E-state index contributed by atoms with van der Waals surface area (Å²) in [5.74, 6) is 0.228. The number of fused-ring (bicyclic) bond motifs is 1. The van der Waals surface area contributed by atoms with Crippen LogP contribution in [0.2, 0.25) is 0 Å². The van der Waals surface area contributed by atoms with Crippen LogP contribution in [0, 0.1) is 19.3 Å². The molecule has 1 amide bonds. The standard InChI is InChI=1S/C26H30N2O.C2H7N/c1-4-25(27)20-12-10-19(11-13-20)14-21-15-23-24(18(3)17(21)2)16-28(26(23)29)22-8-6-5-7-9-22;1-3-2/h4,10-13,15,22,27H,1,5-9,14,16H2,2-3H3;3H,1-2H3. The van der Waals surface area contributed by atoms with E-state index >= 15 is 0 Å². The molecule has 4 nitrogen and oxygen atoms in total. The van der Waals surface area contributed by atoms with Gasteiger partial charge in [-0.3, -0.25) is 4.79 Å². The maximum Gasteiger partial charge on any atom is 0.254 e. The third kappa shape index (κ3) is 5.02. The van der Waals surface area contributed by atoms with Crippen molar-refractivity contribution in [1.82, 2.24) is 10.2 Å². The predicted octanol–water partition coefficient (Wildman–Crippen LogP) is 5.57. The molecular formula is C28H37N3O. The smallest absolute Gasteiger partial charge is 0.254 e. The number of hydrogen-bond acceptors (Lipinski definition) is 3. The summed E-state index contributed by atoms with van der Waals surface area (Å²) in [6.45, 7) is 8.80. The molecule has 1 aliphatic carbocycles. The number of nitrogens with one attached hydrogen (secondary N) is 2. The molecule has 1 saturated carbocycles. The van der Waals surface area contributed by atoms with Crippen molar-refractivity contribution in [3.63, 3.8) is 0 Å². The van der Waals surface area contributed by atoms with Gasteiger partial charge in [0, 0.05) is 18.2 Å². The van der Waals surface area contributed by atoms with Crippen molar-refractivity contribution in [2.24, 2.45) is 0 Å². The highest BCUT2D eigenvalue weighted by Crippen LogP contribution is 2.35. The van der Waals surface area contributed by atoms with Gasteiger partial charge in [0.15, 0.2) is 0 Å². The Balaban J connectivity index is 0.000000913. The van der Waals surface area contributed by atoms with Gasteiger partial charge >= 0.3 is 0 Å². The van der Waals surface area contributed by atoms with Crippen molar-refractivity contribution in [2.75, 3.05) is 14.1 Å². The molecule has 0 spiro atoms. The van der Waals surface area contributed by atoms with Gasteiger partial charge in [-0.25, -0.2) is 0 Å². The second-order valence-electron chi connectivity index (χ2n) is 9.03. The summed E-state index contributed by atoms with van der Waals surface area (Å²) in [6, 6.07) is 10.7. The first-order valence-corrected chi connectivity index (χ1v) is 11.7. The molecule has 0 radical (unpaired) electrons. The van der Waals surface area contributed by atoms with Crippen molar-refractivity contribution in [3.8, 4) is 0 Å². The largest absolute Gasteiger partial charge is 0.331 e. The lowest BCUT2D eigenvalue weighted by Gasteiger charge is -2.30. The van der Waals surface area contributed by atoms with E-state index in [9.17, 15) is 4.79 Å². The third-order valence-electron chi connectivity index (χ3n) is 6.84. The van der Waals surface area contributed by atoms with Crippen molar-refractivity contribution in [1.29, 1.82) is 5.41 Å². The molecule has 4 heteroatoms. The summed E-state index contributed by atoms with van der Waals surface area (Å²) in [6.07, 6.45) is 8.46. The second-order valence-corrected chi connectivity index (χ2v) is 9.03. The average Bonchev–Trinajstić information content (AvgIpc) is 3.14. The van der Waals surface area contributed by atoms with Gasteiger partial charge in [0.05, 0.1) is 5.71 Å². The lowest BCUT2D eigenvalue weighted by molar-refractivity contribution is 0.0660. The van der Waals surface area contributed by atoms with Gasteiger partial charge in [-0.05, 0) is 92.7 Å². The highest BCUT2D eigenvalue weighted by molar-refractivity contribution is 6.06. The van der Waals surface area contributed by atoms with Crippen LogP contribution in [-0.2, 0) is 13.0 Å². The molecule has 1 heterocycles. The van der Waals surface area contributed by atoms with Crippen LogP contribution < -0.4 is 5.32 Å². The van der Waals surface area contributed by atoms with Crippen molar-refractivity contribution >= 4 is 11.6 Å². The van der Waals surface area contributed by atoms with Gasteiger partial charge < -0.3 is 15.6 Å². The molecule has 0 bridgehead atoms. The number of carbonyl (C=O) groups is 1. The van der Waals surface area contributed by atoms with Crippen LogP contribution in [0.3, 0.4) is 0 Å². The minimum absolute atomic E-state index is 0.228. The molecule has 0 saturated heterocycles. The number of amides is 1. The zero-order chi connectivity index (χ0) is 23.3. The first-order valence-electron chi connectivity index (χ1n) is 11.7. The van der Waals surface area contributed by atoms with E-state index in [1.54, 1.807) is 6.08 Å². The number of nitrogens with zero attached hydrogens (tertiary/aromatic N) is 1. The molecule has 1 fully saturated rings. The van der Waals surface area contributed by atoms with E-state index in [2.05, 4.69) is 48.8 Å². The van der Waals surface area contributed by atoms with Crippen molar-refractivity contribution in [2.45, 2.75) is 65.0 Å². The molecule has 32 heavy (non-hydrogen) atoms. The zero-order valence-electron chi connectivity index (χ0n) is 20.1. The van der Waals surface area contributed by atoms with E-state index < -0.39 is 0 Å². The SMILES string of the molecule is C=CC(=N)c1ccc(Cc2cc3c(c(C)c2C)CN(C2CCCCC2)C3=O)cc1.CNC. The number of allylic oxidation sites excluding steroid dienone is 1. The normalized spacial score (nSPS) is 15.8. The van der Waals surface area contributed by atoms with Crippen LogP contribution in [0.25, 0.3) is 0 Å². The number of rotatable bonds is 5. The van der Waals surface area contributed by atoms with E-state index in [0.717, 1.165) is 36.9 Å². The van der Waals surface area contributed by atoms with Gasteiger partial charge in [0.1, 0.15) is 0 Å². The molecule has 2 aliphatic rings. The fourth-order valence-electron chi connectivity index (χ4n) is 4.84. The number of carbonyl (C=O) groups excluding carboxylic acids is 1. The summed E-state index contributed by atoms with van der Waals surface area (Å²) in [5.41, 5.74) is 8.46. The molecule has 0 unspecified atom stereocenters. The van der Waals surface area contributed by atoms with Gasteiger partial charge in [-0.2, -0.15) is 0 Å². The molecule has 170 valence electrons. The van der Waals surface area contributed by atoms with Gasteiger partial charge in [0.2, 0.25) is 0 Å². The average molecular weight is 432 g/mol. The Morgan fingerprint density at radius 1 is 1.12 bits per heavy atom. The zero-order valence-corrected chi connectivity index (χ0v) is 20.1. The molecule has 2 aromatic rings. The number of hydrogen-bond donors (Lipinski definition) is 2. The minimum Gasteiger partial charge on any atom is -0.331 e. The van der Waals surface area contributed by atoms with Crippen molar-refractivity contribution < 1.29 is 4.79 Å². The topological polar surface area (TPSA) is 56.2 Å². The summed E-state index contributed by atoms with van der Waals surface area (Å²) in [4.78, 5) is 15.3. The monoisotopic (exact) mass is 431 g/mol. The van der Waals surface area contributed by atoms with Crippen LogP contribution in [0.15, 0.2) is 43.0 Å². The highest BCUT2D eigenvalue weighted by Gasteiger charge is 2.35. The van der Waals surface area contributed by atoms with Crippen LogP contribution in [-0.4, -0.2) is 36.7 Å². The van der Waals surface area contributed by atoms with Gasteiger partial charge in [0.25, 0.3) is 5.91 Å². The van der Waals surface area contributed by atoms with Crippen molar-refractivity contribution in [3.05, 3.63) is 81.9 Å². The lowest BCUT2D eigenvalue weighted by atomic mass is 9.91. The molecule has 2 aromatic carbocycles. The second kappa shape index (κ2) is 10.7. The molecule has 2 N–H and O–H groups in total. The van der Waals surface area contributed by atoms with E-state index in [1.165, 1.54) is 47.1 Å². The maximum atomic E-state index is 13.2. The molecule has 1 aliphatic heterocycles. The highest BCUT2D eigenvalue weighted by atomic mass is 16.2. The van der Waals surface area contributed by atoms with Crippen LogP contribution >= 0.6 is 0 Å². The lowest BCUT2D eigenvalue weighted by Crippen LogP contribution is -2.36. The summed E-state index contributed by atoms with van der Waals surface area (Å²) < 4.78 is 0. The fraction of sp³-hybridized carbons (Fsp3) is 0.429. The summed E-state index contributed by atoms with van der Waals surface area (Å²) >= 11 is 0. The molecule has 4 rings (SSSR count). The van der Waals surface area contributed by atoms with Crippen LogP contribution in [0.5, 0.6) is 0 Å². The molecule has 0 aromatic heterocycles. The number of benzene rings is 2. The Labute approximate surface area is 193 Å². The predicted molar refractivity (Wildman–Crippen MR) is 134 cm³/mol. The van der Waals surface area contributed by atoms with E-state index in [4.69, 9.17) is 5.41 Å². The fourth-order valence-corrected chi connectivity index (χ4v) is 4.84. The molecule has 0 atom stereocenters. The Morgan fingerprint density at radius 2 is 1.75 bits per heavy atom. The molecular weight excluding hydrogens is 394 g/mol. The Kier molecular flexibility index (Phi) is 8.03. The first kappa shape index (κ1) is 23.9.